The van der Waals surface area contributed by atoms with Crippen LogP contribution in [0, 0.1) is 0 Å². The first-order chi connectivity index (χ1) is 14.5. The molecule has 2 amide bonds. The quantitative estimate of drug-likeness (QED) is 0.397. The first-order valence-corrected chi connectivity index (χ1v) is 10.9. The Morgan fingerprint density at radius 3 is 1.60 bits per heavy atom. The molecule has 0 aliphatic rings. The minimum absolute atomic E-state index is 0.294. The van der Waals surface area contributed by atoms with Crippen LogP contribution in [0.3, 0.4) is 0 Å². The van der Waals surface area contributed by atoms with E-state index in [1.54, 1.807) is 48.5 Å². The van der Waals surface area contributed by atoms with E-state index in [9.17, 15) is 9.59 Å². The predicted octanol–water partition coefficient (Wildman–Crippen LogP) is 5.47. The van der Waals surface area contributed by atoms with Crippen LogP contribution in [0.15, 0.2) is 81.7 Å². The van der Waals surface area contributed by atoms with Crippen molar-refractivity contribution in [2.24, 2.45) is 0 Å². The maximum absolute atomic E-state index is 12.8. The van der Waals surface area contributed by atoms with Crippen LogP contribution < -0.4 is 15.4 Å². The van der Waals surface area contributed by atoms with Crippen molar-refractivity contribution < 1.29 is 14.3 Å². The van der Waals surface area contributed by atoms with Gasteiger partial charge in [-0.25, -0.2) is 0 Å². The van der Waals surface area contributed by atoms with Gasteiger partial charge in [-0.1, -0.05) is 44.0 Å². The summed E-state index contributed by atoms with van der Waals surface area (Å²) in [6.07, 6.45) is -0.715. The van der Waals surface area contributed by atoms with Crippen LogP contribution in [-0.4, -0.2) is 18.4 Å². The van der Waals surface area contributed by atoms with Crippen molar-refractivity contribution in [3.63, 3.8) is 0 Å². The molecule has 0 fully saturated rings. The van der Waals surface area contributed by atoms with Gasteiger partial charge in [-0.2, -0.15) is 0 Å². The summed E-state index contributed by atoms with van der Waals surface area (Å²) in [6.45, 7) is 2.47. The molecule has 0 saturated heterocycles. The van der Waals surface area contributed by atoms with Gasteiger partial charge in [-0.15, -0.1) is 0 Å². The zero-order chi connectivity index (χ0) is 21.5. The maximum Gasteiger partial charge on any atom is 0.253 e. The summed E-state index contributed by atoms with van der Waals surface area (Å²) in [5.41, 5.74) is 1.72. The zero-order valence-corrected chi connectivity index (χ0v) is 19.4. The van der Waals surface area contributed by atoms with Crippen LogP contribution in [0.25, 0.3) is 0 Å². The molecule has 0 aliphatic heterocycles. The lowest BCUT2D eigenvalue weighted by atomic mass is 10.1. The SMILES string of the molecule is CCOc1ccc(C(NC(=O)c2ccc(Br)cc2)NC(=O)c2ccc(Br)cc2)cc1. The zero-order valence-electron chi connectivity index (χ0n) is 16.2. The summed E-state index contributed by atoms with van der Waals surface area (Å²) in [6, 6.07) is 21.3. The number of amides is 2. The number of carbonyl (C=O) groups is 2. The largest absolute Gasteiger partial charge is 0.494 e. The molecule has 0 spiro atoms. The summed E-state index contributed by atoms with van der Waals surface area (Å²) in [7, 11) is 0. The second-order valence-electron chi connectivity index (χ2n) is 6.40. The van der Waals surface area contributed by atoms with Gasteiger partial charge in [0.2, 0.25) is 0 Å². The number of halogens is 2. The summed E-state index contributed by atoms with van der Waals surface area (Å²) in [4.78, 5) is 25.5. The molecule has 2 N–H and O–H groups in total. The molecule has 0 radical (unpaired) electrons. The van der Waals surface area contributed by atoms with Crippen molar-refractivity contribution in [1.29, 1.82) is 0 Å². The average molecular weight is 532 g/mol. The van der Waals surface area contributed by atoms with E-state index in [2.05, 4.69) is 42.5 Å². The number of benzene rings is 3. The topological polar surface area (TPSA) is 67.4 Å². The molecule has 0 aliphatic carbocycles. The van der Waals surface area contributed by atoms with E-state index in [0.717, 1.165) is 20.3 Å². The van der Waals surface area contributed by atoms with Crippen LogP contribution in [-0.2, 0) is 0 Å². The van der Waals surface area contributed by atoms with Crippen molar-refractivity contribution in [3.05, 3.63) is 98.4 Å². The van der Waals surface area contributed by atoms with E-state index < -0.39 is 6.17 Å². The van der Waals surface area contributed by atoms with Gasteiger partial charge in [-0.3, -0.25) is 9.59 Å². The first kappa shape index (κ1) is 22.1. The Balaban J connectivity index is 1.83. The molecular formula is C23H20Br2N2O3. The fourth-order valence-electron chi connectivity index (χ4n) is 2.76. The Bertz CT molecular complexity index is 945. The van der Waals surface area contributed by atoms with Crippen LogP contribution >= 0.6 is 31.9 Å². The second kappa shape index (κ2) is 10.4. The Kier molecular flexibility index (Phi) is 7.65. The van der Waals surface area contributed by atoms with Crippen molar-refractivity contribution in [2.45, 2.75) is 13.1 Å². The van der Waals surface area contributed by atoms with Gasteiger partial charge < -0.3 is 15.4 Å². The number of carbonyl (C=O) groups excluding carboxylic acids is 2. The highest BCUT2D eigenvalue weighted by molar-refractivity contribution is 9.10. The van der Waals surface area contributed by atoms with E-state index in [0.29, 0.717) is 17.7 Å². The monoisotopic (exact) mass is 530 g/mol. The second-order valence-corrected chi connectivity index (χ2v) is 8.23. The highest BCUT2D eigenvalue weighted by Crippen LogP contribution is 2.19. The third-order valence-corrected chi connectivity index (χ3v) is 5.35. The predicted molar refractivity (Wildman–Crippen MR) is 124 cm³/mol. The molecule has 0 atom stereocenters. The minimum atomic E-state index is -0.715. The molecule has 0 bridgehead atoms. The molecule has 154 valence electrons. The van der Waals surface area contributed by atoms with Crippen molar-refractivity contribution >= 4 is 43.7 Å². The van der Waals surface area contributed by atoms with Gasteiger partial charge in [0.25, 0.3) is 11.8 Å². The highest BCUT2D eigenvalue weighted by Gasteiger charge is 2.19. The smallest absolute Gasteiger partial charge is 0.253 e. The third kappa shape index (κ3) is 5.93. The van der Waals surface area contributed by atoms with Gasteiger partial charge in [0.1, 0.15) is 11.9 Å². The lowest BCUT2D eigenvalue weighted by Crippen LogP contribution is -2.41. The Labute approximate surface area is 192 Å². The van der Waals surface area contributed by atoms with Crippen molar-refractivity contribution in [3.8, 4) is 5.75 Å². The van der Waals surface area contributed by atoms with E-state index in [1.807, 2.05) is 31.2 Å². The van der Waals surface area contributed by atoms with E-state index in [4.69, 9.17) is 4.74 Å². The van der Waals surface area contributed by atoms with Gasteiger partial charge >= 0.3 is 0 Å². The summed E-state index contributed by atoms with van der Waals surface area (Å²) in [5.74, 6) is 0.133. The van der Waals surface area contributed by atoms with Gasteiger partial charge in [0, 0.05) is 20.1 Å². The van der Waals surface area contributed by atoms with E-state index >= 15 is 0 Å². The van der Waals surface area contributed by atoms with Crippen molar-refractivity contribution in [2.75, 3.05) is 6.61 Å². The average Bonchev–Trinajstić information content (AvgIpc) is 2.75. The molecule has 0 aromatic heterocycles. The molecule has 3 aromatic rings. The summed E-state index contributed by atoms with van der Waals surface area (Å²) in [5, 5.41) is 5.79. The molecule has 30 heavy (non-hydrogen) atoms. The van der Waals surface area contributed by atoms with Gasteiger partial charge in [-0.05, 0) is 73.2 Å². The van der Waals surface area contributed by atoms with E-state index in [-0.39, 0.29) is 11.8 Å². The van der Waals surface area contributed by atoms with Gasteiger partial charge in [0.15, 0.2) is 0 Å². The van der Waals surface area contributed by atoms with Crippen LogP contribution in [0.2, 0.25) is 0 Å². The molecule has 7 heteroatoms. The third-order valence-electron chi connectivity index (χ3n) is 4.29. The Morgan fingerprint density at radius 1 is 0.767 bits per heavy atom. The molecule has 0 heterocycles. The normalized spacial score (nSPS) is 10.5. The molecule has 3 aromatic carbocycles. The molecule has 0 unspecified atom stereocenters. The number of hydrogen-bond donors (Lipinski definition) is 2. The summed E-state index contributed by atoms with van der Waals surface area (Å²) >= 11 is 6.72. The fourth-order valence-corrected chi connectivity index (χ4v) is 3.29. The number of ether oxygens (including phenoxy) is 1. The lowest BCUT2D eigenvalue weighted by molar-refractivity contribution is 0.0883. The van der Waals surface area contributed by atoms with E-state index in [1.165, 1.54) is 0 Å². The molecular weight excluding hydrogens is 512 g/mol. The molecule has 0 saturated carbocycles. The van der Waals surface area contributed by atoms with Crippen LogP contribution in [0.1, 0.15) is 39.4 Å². The van der Waals surface area contributed by atoms with Crippen molar-refractivity contribution in [1.82, 2.24) is 10.6 Å². The maximum atomic E-state index is 12.8. The summed E-state index contributed by atoms with van der Waals surface area (Å²) < 4.78 is 7.24. The Hall–Kier alpha value is -2.64. The standard InChI is InChI=1S/C23H20Br2N2O3/c1-2-30-20-13-7-15(8-14-20)21(26-22(28)16-3-9-18(24)10-4-16)27-23(29)17-5-11-19(25)12-6-17/h3-14,21H,2H2,1H3,(H,26,28)(H,27,29). The fraction of sp³-hybridized carbons (Fsp3) is 0.130. The molecule has 3 rings (SSSR count). The highest BCUT2D eigenvalue weighted by atomic mass is 79.9. The Morgan fingerprint density at radius 2 is 1.20 bits per heavy atom. The van der Waals surface area contributed by atoms with Gasteiger partial charge in [0.05, 0.1) is 6.61 Å². The number of rotatable bonds is 7. The first-order valence-electron chi connectivity index (χ1n) is 9.32. The van der Waals surface area contributed by atoms with Crippen LogP contribution in [0.4, 0.5) is 0 Å². The van der Waals surface area contributed by atoms with Crippen LogP contribution in [0.5, 0.6) is 5.75 Å². The molecule has 5 nitrogen and oxygen atoms in total. The number of nitrogens with one attached hydrogen (secondary N) is 2. The number of hydrogen-bond acceptors (Lipinski definition) is 3. The minimum Gasteiger partial charge on any atom is -0.494 e. The lowest BCUT2D eigenvalue weighted by Gasteiger charge is -2.21.